The molecular formula is C20H19F4N5. The van der Waals surface area contributed by atoms with Crippen LogP contribution >= 0.6 is 0 Å². The monoisotopic (exact) mass is 405 g/mol. The van der Waals surface area contributed by atoms with E-state index in [0.717, 1.165) is 23.4 Å². The zero-order valence-electron chi connectivity index (χ0n) is 15.5. The summed E-state index contributed by atoms with van der Waals surface area (Å²) in [6.07, 6.45) is 0.531. The number of aliphatic imine (C=N–C) groups is 1. The molecule has 0 saturated heterocycles. The second-order valence-electron chi connectivity index (χ2n) is 6.18. The van der Waals surface area contributed by atoms with Crippen LogP contribution in [-0.4, -0.2) is 22.6 Å². The maximum absolute atomic E-state index is 13.2. The van der Waals surface area contributed by atoms with E-state index in [1.807, 2.05) is 35.0 Å². The molecule has 0 aliphatic heterocycles. The van der Waals surface area contributed by atoms with Crippen LogP contribution in [-0.2, 0) is 19.3 Å². The number of guanidine groups is 1. The number of para-hydroxylation sites is 1. The van der Waals surface area contributed by atoms with Crippen LogP contribution in [0.1, 0.15) is 16.7 Å². The molecule has 1 aromatic heterocycles. The number of imidazole rings is 1. The van der Waals surface area contributed by atoms with E-state index in [9.17, 15) is 17.6 Å². The number of hydrogen-bond acceptors (Lipinski definition) is 2. The van der Waals surface area contributed by atoms with Crippen molar-refractivity contribution in [2.45, 2.75) is 19.3 Å². The van der Waals surface area contributed by atoms with E-state index in [2.05, 4.69) is 20.6 Å². The van der Waals surface area contributed by atoms with Gasteiger partial charge in [0.25, 0.3) is 0 Å². The molecule has 3 aromatic rings. The fraction of sp³-hybridized carbons (Fsp3) is 0.200. The van der Waals surface area contributed by atoms with Gasteiger partial charge in [-0.2, -0.15) is 13.2 Å². The summed E-state index contributed by atoms with van der Waals surface area (Å²) >= 11 is 0. The molecule has 0 radical (unpaired) electrons. The highest BCUT2D eigenvalue weighted by Crippen LogP contribution is 2.32. The lowest BCUT2D eigenvalue weighted by atomic mass is 10.1. The molecule has 0 unspecified atom stereocenters. The molecule has 1 heterocycles. The maximum Gasteiger partial charge on any atom is 0.416 e. The van der Waals surface area contributed by atoms with Gasteiger partial charge < -0.3 is 15.2 Å². The summed E-state index contributed by atoms with van der Waals surface area (Å²) in [4.78, 5) is 8.08. The van der Waals surface area contributed by atoms with Gasteiger partial charge >= 0.3 is 6.18 Å². The number of alkyl halides is 3. The fourth-order valence-corrected chi connectivity index (χ4v) is 2.86. The third-order valence-electron chi connectivity index (χ3n) is 4.27. The lowest BCUT2D eigenvalue weighted by molar-refractivity contribution is -0.138. The van der Waals surface area contributed by atoms with Crippen LogP contribution in [0.5, 0.6) is 0 Å². The van der Waals surface area contributed by atoms with Gasteiger partial charge in [-0.05, 0) is 29.3 Å². The Hall–Kier alpha value is -3.36. The highest BCUT2D eigenvalue weighted by Gasteiger charge is 2.33. The minimum absolute atomic E-state index is 0.0688. The Balaban J connectivity index is 1.68. The number of benzene rings is 2. The minimum Gasteiger partial charge on any atom is -0.352 e. The first kappa shape index (κ1) is 20.4. The number of rotatable bonds is 5. The molecule has 0 saturated carbocycles. The van der Waals surface area contributed by atoms with Crippen LogP contribution in [0.25, 0.3) is 5.69 Å². The van der Waals surface area contributed by atoms with Gasteiger partial charge in [0.15, 0.2) is 5.96 Å². The van der Waals surface area contributed by atoms with E-state index in [1.165, 1.54) is 7.05 Å². The lowest BCUT2D eigenvalue weighted by Crippen LogP contribution is -2.37. The molecule has 0 aliphatic rings. The van der Waals surface area contributed by atoms with Crippen LogP contribution in [0.2, 0.25) is 0 Å². The summed E-state index contributed by atoms with van der Waals surface area (Å²) in [5, 5.41) is 5.92. The Morgan fingerprint density at radius 3 is 2.45 bits per heavy atom. The van der Waals surface area contributed by atoms with Crippen LogP contribution in [0.3, 0.4) is 0 Å². The maximum atomic E-state index is 13.2. The molecule has 0 spiro atoms. The highest BCUT2D eigenvalue weighted by molar-refractivity contribution is 5.79. The van der Waals surface area contributed by atoms with Gasteiger partial charge in [-0.1, -0.05) is 24.3 Å². The van der Waals surface area contributed by atoms with E-state index < -0.39 is 17.6 Å². The molecule has 0 fully saturated rings. The number of nitrogens with zero attached hydrogens (tertiary/aromatic N) is 3. The zero-order chi connectivity index (χ0) is 20.9. The van der Waals surface area contributed by atoms with E-state index in [0.29, 0.717) is 18.6 Å². The summed E-state index contributed by atoms with van der Waals surface area (Å²) in [6, 6.07) is 10.3. The molecule has 0 bridgehead atoms. The topological polar surface area (TPSA) is 54.2 Å². The van der Waals surface area contributed by atoms with Crippen molar-refractivity contribution in [2.24, 2.45) is 4.99 Å². The first-order valence-electron chi connectivity index (χ1n) is 8.75. The molecule has 29 heavy (non-hydrogen) atoms. The lowest BCUT2D eigenvalue weighted by Gasteiger charge is -2.17. The normalized spacial score (nSPS) is 12.1. The van der Waals surface area contributed by atoms with Gasteiger partial charge in [-0.3, -0.25) is 4.99 Å². The summed E-state index contributed by atoms with van der Waals surface area (Å²) in [5.74, 6) is -0.609. The van der Waals surface area contributed by atoms with Crippen LogP contribution in [0, 0.1) is 5.82 Å². The summed E-state index contributed by atoms with van der Waals surface area (Å²) in [6.45, 7) is 0.238. The quantitative estimate of drug-likeness (QED) is 0.385. The Morgan fingerprint density at radius 2 is 1.79 bits per heavy atom. The first-order chi connectivity index (χ1) is 13.9. The van der Waals surface area contributed by atoms with Crippen molar-refractivity contribution < 1.29 is 17.6 Å². The van der Waals surface area contributed by atoms with Crippen molar-refractivity contribution in [1.82, 2.24) is 20.2 Å². The molecule has 0 aliphatic carbocycles. The average molecular weight is 405 g/mol. The highest BCUT2D eigenvalue weighted by atomic mass is 19.4. The van der Waals surface area contributed by atoms with E-state index in [-0.39, 0.29) is 12.1 Å². The average Bonchev–Trinajstić information content (AvgIpc) is 3.23. The largest absolute Gasteiger partial charge is 0.416 e. The van der Waals surface area contributed by atoms with Gasteiger partial charge in [0.2, 0.25) is 0 Å². The third-order valence-corrected chi connectivity index (χ3v) is 4.27. The van der Waals surface area contributed by atoms with Crippen LogP contribution < -0.4 is 10.6 Å². The third kappa shape index (κ3) is 5.13. The standard InChI is InChI=1S/C20H19F4N5/c1-25-19(27-11-14-6-7-16(21)10-17(14)20(22,23)24)28-12-15-4-2-3-5-18(15)29-9-8-26-13-29/h2-10,13H,11-12H2,1H3,(H2,25,27,28). The van der Waals surface area contributed by atoms with Crippen molar-refractivity contribution in [1.29, 1.82) is 0 Å². The first-order valence-corrected chi connectivity index (χ1v) is 8.75. The van der Waals surface area contributed by atoms with Gasteiger partial charge in [0.1, 0.15) is 5.82 Å². The van der Waals surface area contributed by atoms with E-state index >= 15 is 0 Å². The van der Waals surface area contributed by atoms with Crippen molar-refractivity contribution in [3.63, 3.8) is 0 Å². The van der Waals surface area contributed by atoms with Gasteiger partial charge in [-0.25, -0.2) is 9.37 Å². The Bertz CT molecular complexity index is 981. The van der Waals surface area contributed by atoms with Crippen molar-refractivity contribution in [3.8, 4) is 5.69 Å². The molecule has 2 aromatic carbocycles. The van der Waals surface area contributed by atoms with E-state index in [4.69, 9.17) is 0 Å². The number of nitrogens with one attached hydrogen (secondary N) is 2. The van der Waals surface area contributed by atoms with Crippen molar-refractivity contribution in [3.05, 3.63) is 83.7 Å². The molecule has 2 N–H and O–H groups in total. The van der Waals surface area contributed by atoms with Gasteiger partial charge in [0, 0.05) is 32.5 Å². The zero-order valence-corrected chi connectivity index (χ0v) is 15.5. The summed E-state index contributed by atoms with van der Waals surface area (Å²) in [5.41, 5.74) is 0.795. The molecule has 0 atom stereocenters. The molecule has 3 rings (SSSR count). The number of halogens is 4. The Morgan fingerprint density at radius 1 is 1.07 bits per heavy atom. The molecule has 0 amide bonds. The fourth-order valence-electron chi connectivity index (χ4n) is 2.86. The van der Waals surface area contributed by atoms with Crippen LogP contribution in [0.4, 0.5) is 17.6 Å². The molecule has 5 nitrogen and oxygen atoms in total. The molecular weight excluding hydrogens is 386 g/mol. The van der Waals surface area contributed by atoms with Gasteiger partial charge in [-0.15, -0.1) is 0 Å². The molecule has 152 valence electrons. The molecule has 9 heteroatoms. The summed E-state index contributed by atoms with van der Waals surface area (Å²) in [7, 11) is 1.52. The second kappa shape index (κ2) is 8.76. The Labute approximate surface area is 165 Å². The van der Waals surface area contributed by atoms with Gasteiger partial charge in [0.05, 0.1) is 17.6 Å². The predicted molar refractivity (Wildman–Crippen MR) is 102 cm³/mol. The minimum atomic E-state index is -4.64. The Kier molecular flexibility index (Phi) is 6.16. The van der Waals surface area contributed by atoms with Crippen molar-refractivity contribution >= 4 is 5.96 Å². The van der Waals surface area contributed by atoms with E-state index in [1.54, 1.807) is 12.5 Å². The number of hydrogen-bond donors (Lipinski definition) is 2. The number of aromatic nitrogens is 2. The van der Waals surface area contributed by atoms with Crippen molar-refractivity contribution in [2.75, 3.05) is 7.05 Å². The SMILES string of the molecule is CN=C(NCc1ccccc1-n1ccnc1)NCc1ccc(F)cc1C(F)(F)F. The smallest absolute Gasteiger partial charge is 0.352 e. The second-order valence-corrected chi connectivity index (χ2v) is 6.18. The van der Waals surface area contributed by atoms with Crippen LogP contribution in [0.15, 0.2) is 66.2 Å². The predicted octanol–water partition coefficient (Wildman–Crippen LogP) is 3.90. The summed E-state index contributed by atoms with van der Waals surface area (Å²) < 4.78 is 54.5.